The van der Waals surface area contributed by atoms with Crippen LogP contribution in [0.15, 0.2) is 0 Å². The minimum atomic E-state index is 0.741. The van der Waals surface area contributed by atoms with Gasteiger partial charge in [0.2, 0.25) is 0 Å². The average molecular weight is 173 g/mol. The van der Waals surface area contributed by atoms with E-state index in [0.29, 0.717) is 0 Å². The molecule has 0 bridgehead atoms. The van der Waals surface area contributed by atoms with Gasteiger partial charge in [0, 0.05) is 20.1 Å². The molecular formula is C7H15N3S. The van der Waals surface area contributed by atoms with Gasteiger partial charge >= 0.3 is 0 Å². The molecule has 0 spiro atoms. The molecule has 0 amide bonds. The minimum Gasteiger partial charge on any atom is -0.366 e. The summed E-state index contributed by atoms with van der Waals surface area (Å²) in [6.45, 7) is 4.59. The Hall–Kier alpha value is -0.350. The molecule has 64 valence electrons. The summed E-state index contributed by atoms with van der Waals surface area (Å²) in [5.41, 5.74) is 0. The lowest BCUT2D eigenvalue weighted by molar-refractivity contribution is 0.185. The highest BCUT2D eigenvalue weighted by molar-refractivity contribution is 7.80. The summed E-state index contributed by atoms with van der Waals surface area (Å²) in [4.78, 5) is 2.41. The molecule has 0 unspecified atom stereocenters. The lowest BCUT2D eigenvalue weighted by atomic mass is 10.2. The Kier molecular flexibility index (Phi) is 3.59. The van der Waals surface area contributed by atoms with Crippen LogP contribution in [0.1, 0.15) is 6.42 Å². The van der Waals surface area contributed by atoms with Gasteiger partial charge in [-0.25, -0.2) is 0 Å². The fraction of sp³-hybridized carbons (Fsp3) is 0.857. The second kappa shape index (κ2) is 4.51. The highest BCUT2D eigenvalue weighted by Gasteiger charge is 2.11. The van der Waals surface area contributed by atoms with E-state index < -0.39 is 0 Å². The van der Waals surface area contributed by atoms with Crippen LogP contribution < -0.4 is 10.6 Å². The molecule has 3 nitrogen and oxygen atoms in total. The minimum absolute atomic E-state index is 0.741. The lowest BCUT2D eigenvalue weighted by Gasteiger charge is -2.30. The van der Waals surface area contributed by atoms with Gasteiger partial charge in [-0.05, 0) is 31.7 Å². The first-order valence-corrected chi connectivity index (χ1v) is 4.41. The van der Waals surface area contributed by atoms with Crippen molar-refractivity contribution in [2.24, 2.45) is 0 Å². The third-order valence-electron chi connectivity index (χ3n) is 1.89. The summed E-state index contributed by atoms with van der Waals surface area (Å²) in [6, 6.07) is 0. The van der Waals surface area contributed by atoms with Crippen molar-refractivity contribution in [3.63, 3.8) is 0 Å². The van der Waals surface area contributed by atoms with E-state index in [1.807, 2.05) is 7.05 Å². The maximum atomic E-state index is 4.92. The molecule has 0 saturated carbocycles. The average Bonchev–Trinajstić information content (AvgIpc) is 1.94. The van der Waals surface area contributed by atoms with Gasteiger partial charge in [0.25, 0.3) is 0 Å². The zero-order chi connectivity index (χ0) is 8.10. The molecule has 1 heterocycles. The maximum absolute atomic E-state index is 4.92. The van der Waals surface area contributed by atoms with Gasteiger partial charge in [-0.1, -0.05) is 0 Å². The Balaban J connectivity index is 1.90. The Morgan fingerprint density at radius 2 is 2.27 bits per heavy atom. The van der Waals surface area contributed by atoms with E-state index in [4.69, 9.17) is 12.2 Å². The van der Waals surface area contributed by atoms with Crippen LogP contribution in [0.2, 0.25) is 0 Å². The van der Waals surface area contributed by atoms with Crippen LogP contribution >= 0.6 is 12.2 Å². The molecular weight excluding hydrogens is 158 g/mol. The fourth-order valence-electron chi connectivity index (χ4n) is 1.02. The molecule has 1 saturated heterocycles. The Morgan fingerprint density at radius 3 is 2.73 bits per heavy atom. The van der Waals surface area contributed by atoms with Gasteiger partial charge in [-0.15, -0.1) is 0 Å². The molecule has 0 aromatic heterocycles. The van der Waals surface area contributed by atoms with Crippen molar-refractivity contribution in [3.8, 4) is 0 Å². The van der Waals surface area contributed by atoms with Crippen LogP contribution in [-0.4, -0.2) is 43.2 Å². The smallest absolute Gasteiger partial charge is 0.166 e. The Labute approximate surface area is 73.1 Å². The predicted molar refractivity (Wildman–Crippen MR) is 50.7 cm³/mol. The largest absolute Gasteiger partial charge is 0.366 e. The zero-order valence-electron chi connectivity index (χ0n) is 6.89. The molecule has 1 fully saturated rings. The van der Waals surface area contributed by atoms with Crippen LogP contribution in [0.25, 0.3) is 0 Å². The van der Waals surface area contributed by atoms with E-state index >= 15 is 0 Å². The number of likely N-dealkylation sites (tertiary alicyclic amines) is 1. The van der Waals surface area contributed by atoms with Gasteiger partial charge in [-0.2, -0.15) is 0 Å². The van der Waals surface area contributed by atoms with E-state index in [-0.39, 0.29) is 0 Å². The molecule has 1 aliphatic rings. The van der Waals surface area contributed by atoms with Crippen molar-refractivity contribution < 1.29 is 0 Å². The molecule has 0 aromatic carbocycles. The normalized spacial score (nSPS) is 17.2. The third-order valence-corrected chi connectivity index (χ3v) is 2.24. The van der Waals surface area contributed by atoms with Gasteiger partial charge in [0.15, 0.2) is 5.11 Å². The highest BCUT2D eigenvalue weighted by Crippen LogP contribution is 2.02. The summed E-state index contributed by atoms with van der Waals surface area (Å²) < 4.78 is 0. The first-order chi connectivity index (χ1) is 5.33. The van der Waals surface area contributed by atoms with Crippen molar-refractivity contribution in [1.82, 2.24) is 15.5 Å². The van der Waals surface area contributed by atoms with Crippen LogP contribution in [0, 0.1) is 0 Å². The summed E-state index contributed by atoms with van der Waals surface area (Å²) in [5.74, 6) is 0. The molecule has 0 aromatic rings. The zero-order valence-corrected chi connectivity index (χ0v) is 7.71. The SMILES string of the molecule is CNC(=S)NCCN1CCC1. The molecule has 0 radical (unpaired) electrons. The van der Waals surface area contributed by atoms with Crippen molar-refractivity contribution >= 4 is 17.3 Å². The van der Waals surface area contributed by atoms with Crippen molar-refractivity contribution in [2.45, 2.75) is 6.42 Å². The highest BCUT2D eigenvalue weighted by atomic mass is 32.1. The molecule has 11 heavy (non-hydrogen) atoms. The molecule has 1 aliphatic heterocycles. The third kappa shape index (κ3) is 3.03. The number of hydrogen-bond acceptors (Lipinski definition) is 2. The second-order valence-electron chi connectivity index (χ2n) is 2.70. The van der Waals surface area contributed by atoms with Gasteiger partial charge in [0.05, 0.1) is 0 Å². The van der Waals surface area contributed by atoms with Crippen molar-refractivity contribution in [1.29, 1.82) is 0 Å². The van der Waals surface area contributed by atoms with Crippen LogP contribution in [0.3, 0.4) is 0 Å². The number of thiocarbonyl (C=S) groups is 1. The first-order valence-electron chi connectivity index (χ1n) is 4.01. The number of nitrogens with one attached hydrogen (secondary N) is 2. The Bertz CT molecular complexity index is 134. The first kappa shape index (κ1) is 8.74. The maximum Gasteiger partial charge on any atom is 0.166 e. The van der Waals surface area contributed by atoms with Crippen molar-refractivity contribution in [3.05, 3.63) is 0 Å². The summed E-state index contributed by atoms with van der Waals surface area (Å²) in [6.07, 6.45) is 1.36. The fourth-order valence-corrected chi connectivity index (χ4v) is 1.12. The van der Waals surface area contributed by atoms with Crippen LogP contribution in [0.5, 0.6) is 0 Å². The van der Waals surface area contributed by atoms with Gasteiger partial charge in [-0.3, -0.25) is 0 Å². The van der Waals surface area contributed by atoms with Crippen molar-refractivity contribution in [2.75, 3.05) is 33.2 Å². The number of rotatable bonds is 3. The van der Waals surface area contributed by atoms with E-state index in [2.05, 4.69) is 15.5 Å². The van der Waals surface area contributed by atoms with Crippen LogP contribution in [0.4, 0.5) is 0 Å². The predicted octanol–water partition coefficient (Wildman–Crippen LogP) is -0.214. The molecule has 0 aliphatic carbocycles. The van der Waals surface area contributed by atoms with E-state index in [9.17, 15) is 0 Å². The summed E-state index contributed by atoms with van der Waals surface area (Å²) >= 11 is 4.92. The molecule has 1 rings (SSSR count). The standard InChI is InChI=1S/C7H15N3S/c1-8-7(11)9-3-6-10-4-2-5-10/h2-6H2,1H3,(H2,8,9,11). The Morgan fingerprint density at radius 1 is 1.55 bits per heavy atom. The second-order valence-corrected chi connectivity index (χ2v) is 3.11. The summed E-state index contributed by atoms with van der Waals surface area (Å²) in [5, 5.41) is 6.73. The van der Waals surface area contributed by atoms with E-state index in [1.165, 1.54) is 19.5 Å². The number of hydrogen-bond donors (Lipinski definition) is 2. The van der Waals surface area contributed by atoms with Gasteiger partial charge in [0.1, 0.15) is 0 Å². The molecule has 0 atom stereocenters. The quantitative estimate of drug-likeness (QED) is 0.577. The van der Waals surface area contributed by atoms with E-state index in [1.54, 1.807) is 0 Å². The van der Waals surface area contributed by atoms with Gasteiger partial charge < -0.3 is 15.5 Å². The summed E-state index contributed by atoms with van der Waals surface area (Å²) in [7, 11) is 1.83. The molecule has 4 heteroatoms. The lowest BCUT2D eigenvalue weighted by Crippen LogP contribution is -2.43. The van der Waals surface area contributed by atoms with E-state index in [0.717, 1.165) is 18.2 Å². The molecule has 2 N–H and O–H groups in total. The van der Waals surface area contributed by atoms with Crippen LogP contribution in [-0.2, 0) is 0 Å². The monoisotopic (exact) mass is 173 g/mol. The number of nitrogens with zero attached hydrogens (tertiary/aromatic N) is 1. The topological polar surface area (TPSA) is 27.3 Å².